The second-order valence-electron chi connectivity index (χ2n) is 9.52. The van der Waals surface area contributed by atoms with Gasteiger partial charge in [0.1, 0.15) is 10.8 Å². The molecular formula is C25H36FN3O3S2. The van der Waals surface area contributed by atoms with Crippen LogP contribution in [-0.4, -0.2) is 31.3 Å². The maximum absolute atomic E-state index is 14.3. The van der Waals surface area contributed by atoms with Crippen molar-refractivity contribution in [1.82, 2.24) is 10.3 Å². The first kappa shape index (κ1) is 28.1. The van der Waals surface area contributed by atoms with E-state index in [-0.39, 0.29) is 17.0 Å². The average molecular weight is 510 g/mol. The van der Waals surface area contributed by atoms with Crippen molar-refractivity contribution in [2.45, 2.75) is 76.8 Å². The summed E-state index contributed by atoms with van der Waals surface area (Å²) in [6.07, 6.45) is 4.39. The Balaban J connectivity index is 2.12. The number of hydrogen-bond donors (Lipinski definition) is 2. The van der Waals surface area contributed by atoms with Gasteiger partial charge in [-0.15, -0.1) is 11.8 Å². The summed E-state index contributed by atoms with van der Waals surface area (Å²) in [4.78, 5) is 17.7. The largest absolute Gasteiger partial charge is 0.351 e. The highest BCUT2D eigenvalue weighted by Gasteiger charge is 2.20. The fourth-order valence-corrected chi connectivity index (χ4v) is 4.83. The summed E-state index contributed by atoms with van der Waals surface area (Å²) in [5.41, 5.74) is 2.20. The third-order valence-corrected chi connectivity index (χ3v) is 7.04. The lowest BCUT2D eigenvalue weighted by molar-refractivity contribution is -0.122. The lowest BCUT2D eigenvalue weighted by atomic mass is 9.91. The quantitative estimate of drug-likeness (QED) is 0.304. The molecule has 9 heteroatoms. The SMILES string of the molecule is CCCCCSc1nc(C(C)(C)C)ccc1CNC(=O)C(C)c1ccc(NS(C)(=O)=O)c(F)c1. The number of nitrogens with one attached hydrogen (secondary N) is 2. The van der Waals surface area contributed by atoms with Crippen molar-refractivity contribution >= 4 is 33.4 Å². The molecule has 34 heavy (non-hydrogen) atoms. The zero-order valence-electron chi connectivity index (χ0n) is 20.9. The summed E-state index contributed by atoms with van der Waals surface area (Å²) in [5, 5.41) is 3.87. The van der Waals surface area contributed by atoms with Gasteiger partial charge in [0.2, 0.25) is 15.9 Å². The van der Waals surface area contributed by atoms with Gasteiger partial charge in [0, 0.05) is 23.2 Å². The van der Waals surface area contributed by atoms with Gasteiger partial charge in [-0.2, -0.15) is 0 Å². The highest BCUT2D eigenvalue weighted by Crippen LogP contribution is 2.28. The monoisotopic (exact) mass is 509 g/mol. The Morgan fingerprint density at radius 3 is 2.47 bits per heavy atom. The molecule has 2 rings (SSSR count). The first-order valence-corrected chi connectivity index (χ1v) is 14.4. The Labute approximate surface area is 207 Å². The molecule has 1 aromatic heterocycles. The molecule has 1 atom stereocenters. The van der Waals surface area contributed by atoms with Gasteiger partial charge in [-0.25, -0.2) is 17.8 Å². The minimum absolute atomic E-state index is 0.0722. The van der Waals surface area contributed by atoms with Gasteiger partial charge in [-0.1, -0.05) is 52.7 Å². The molecular weight excluding hydrogens is 473 g/mol. The van der Waals surface area contributed by atoms with Crippen LogP contribution in [0.25, 0.3) is 0 Å². The molecule has 0 radical (unpaired) electrons. The number of rotatable bonds is 11. The van der Waals surface area contributed by atoms with Crippen molar-refractivity contribution < 1.29 is 17.6 Å². The number of thioether (sulfide) groups is 1. The maximum Gasteiger partial charge on any atom is 0.229 e. The van der Waals surface area contributed by atoms with E-state index in [9.17, 15) is 17.6 Å². The van der Waals surface area contributed by atoms with E-state index in [1.165, 1.54) is 18.6 Å². The van der Waals surface area contributed by atoms with E-state index in [1.54, 1.807) is 24.8 Å². The molecule has 0 aliphatic heterocycles. The Kier molecular flexibility index (Phi) is 9.94. The average Bonchev–Trinajstić information content (AvgIpc) is 2.74. The Hall–Kier alpha value is -2.13. The molecule has 0 bridgehead atoms. The molecule has 1 aromatic carbocycles. The predicted molar refractivity (Wildman–Crippen MR) is 138 cm³/mol. The maximum atomic E-state index is 14.3. The zero-order valence-corrected chi connectivity index (χ0v) is 22.5. The highest BCUT2D eigenvalue weighted by molar-refractivity contribution is 7.99. The van der Waals surface area contributed by atoms with Crippen LogP contribution in [0, 0.1) is 5.82 Å². The third kappa shape index (κ3) is 8.58. The van der Waals surface area contributed by atoms with Gasteiger partial charge in [0.15, 0.2) is 0 Å². The molecule has 1 unspecified atom stereocenters. The van der Waals surface area contributed by atoms with Gasteiger partial charge in [-0.3, -0.25) is 9.52 Å². The number of unbranched alkanes of at least 4 members (excludes halogenated alkanes) is 2. The second kappa shape index (κ2) is 12.0. The third-order valence-electron chi connectivity index (χ3n) is 5.33. The molecule has 0 saturated carbocycles. The van der Waals surface area contributed by atoms with Crippen LogP contribution in [0.15, 0.2) is 35.4 Å². The van der Waals surface area contributed by atoms with Crippen LogP contribution >= 0.6 is 11.8 Å². The summed E-state index contributed by atoms with van der Waals surface area (Å²) in [5.74, 6) is -0.608. The van der Waals surface area contributed by atoms with Crippen molar-refractivity contribution in [1.29, 1.82) is 0 Å². The summed E-state index contributed by atoms with van der Waals surface area (Å²) in [7, 11) is -3.59. The van der Waals surface area contributed by atoms with Crippen molar-refractivity contribution in [3.8, 4) is 0 Å². The number of aromatic nitrogens is 1. The lowest BCUT2D eigenvalue weighted by Gasteiger charge is -2.20. The number of carbonyl (C=O) groups excluding carboxylic acids is 1. The first-order chi connectivity index (χ1) is 15.8. The Morgan fingerprint density at radius 1 is 1.18 bits per heavy atom. The van der Waals surface area contributed by atoms with Crippen molar-refractivity contribution in [2.75, 3.05) is 16.7 Å². The molecule has 1 heterocycles. The van der Waals surface area contributed by atoms with Crippen LogP contribution in [0.3, 0.4) is 0 Å². The first-order valence-electron chi connectivity index (χ1n) is 11.5. The normalized spacial score (nSPS) is 12.9. The highest BCUT2D eigenvalue weighted by atomic mass is 32.2. The minimum atomic E-state index is -3.59. The number of amides is 1. The number of sulfonamides is 1. The Morgan fingerprint density at radius 2 is 1.88 bits per heavy atom. The summed E-state index contributed by atoms with van der Waals surface area (Å²) >= 11 is 1.71. The predicted octanol–water partition coefficient (Wildman–Crippen LogP) is 5.59. The van der Waals surface area contributed by atoms with Crippen LogP contribution in [0.2, 0.25) is 0 Å². The van der Waals surface area contributed by atoms with Gasteiger partial charge in [0.05, 0.1) is 17.9 Å². The van der Waals surface area contributed by atoms with Crippen molar-refractivity contribution in [2.24, 2.45) is 0 Å². The number of pyridine rings is 1. The van der Waals surface area contributed by atoms with Crippen LogP contribution in [0.4, 0.5) is 10.1 Å². The van der Waals surface area contributed by atoms with Crippen LogP contribution in [0.1, 0.15) is 76.6 Å². The summed E-state index contributed by atoms with van der Waals surface area (Å²) in [6, 6.07) is 8.09. The molecule has 0 aliphatic rings. The van der Waals surface area contributed by atoms with E-state index < -0.39 is 21.8 Å². The van der Waals surface area contributed by atoms with Crippen LogP contribution < -0.4 is 10.0 Å². The molecule has 188 valence electrons. The van der Waals surface area contributed by atoms with E-state index in [0.717, 1.165) is 41.1 Å². The topological polar surface area (TPSA) is 88.2 Å². The smallest absolute Gasteiger partial charge is 0.229 e. The van der Waals surface area contributed by atoms with Crippen LogP contribution in [0.5, 0.6) is 0 Å². The van der Waals surface area contributed by atoms with E-state index in [4.69, 9.17) is 4.98 Å². The van der Waals surface area contributed by atoms with Crippen molar-refractivity contribution in [3.05, 3.63) is 53.0 Å². The molecule has 0 spiro atoms. The Bertz CT molecular complexity index is 1100. The van der Waals surface area contributed by atoms with Gasteiger partial charge >= 0.3 is 0 Å². The number of halogens is 1. The van der Waals surface area contributed by atoms with Crippen LogP contribution in [-0.2, 0) is 26.8 Å². The fourth-order valence-electron chi connectivity index (χ4n) is 3.24. The number of carbonyl (C=O) groups is 1. The summed E-state index contributed by atoms with van der Waals surface area (Å²) < 4.78 is 39.2. The lowest BCUT2D eigenvalue weighted by Crippen LogP contribution is -2.28. The van der Waals surface area contributed by atoms with E-state index in [0.29, 0.717) is 12.1 Å². The van der Waals surface area contributed by atoms with Gasteiger partial charge in [0.25, 0.3) is 0 Å². The van der Waals surface area contributed by atoms with Crippen molar-refractivity contribution in [3.63, 3.8) is 0 Å². The number of hydrogen-bond acceptors (Lipinski definition) is 5. The second-order valence-corrected chi connectivity index (χ2v) is 12.4. The minimum Gasteiger partial charge on any atom is -0.351 e. The van der Waals surface area contributed by atoms with E-state index >= 15 is 0 Å². The molecule has 0 fully saturated rings. The number of anilines is 1. The number of nitrogens with zero attached hydrogens (tertiary/aromatic N) is 1. The standard InChI is InChI=1S/C25H36FN3O3S2/c1-7-8-9-14-33-24-19(11-13-22(28-24)25(3,4)5)16-27-23(30)17(2)18-10-12-21(20(26)15-18)29-34(6,31)32/h10-13,15,17,29H,7-9,14,16H2,1-6H3,(H,27,30). The molecule has 6 nitrogen and oxygen atoms in total. The molecule has 1 amide bonds. The molecule has 2 N–H and O–H groups in total. The molecule has 0 aliphatic carbocycles. The fraction of sp³-hybridized carbons (Fsp3) is 0.520. The van der Waals surface area contributed by atoms with Gasteiger partial charge < -0.3 is 5.32 Å². The van der Waals surface area contributed by atoms with Gasteiger partial charge in [-0.05, 0) is 42.9 Å². The zero-order chi connectivity index (χ0) is 25.5. The summed E-state index contributed by atoms with van der Waals surface area (Å²) in [6.45, 7) is 10.6. The van der Waals surface area contributed by atoms with E-state index in [2.05, 4.69) is 37.7 Å². The van der Waals surface area contributed by atoms with E-state index in [1.807, 2.05) is 12.1 Å². The molecule has 2 aromatic rings. The molecule has 0 saturated heterocycles. The number of benzene rings is 1.